The van der Waals surface area contributed by atoms with Crippen molar-refractivity contribution >= 4 is 48.6 Å². The molecule has 0 amide bonds. The zero-order valence-corrected chi connectivity index (χ0v) is 23.2. The average molecular weight is 533 g/mol. The Balaban J connectivity index is 1.24. The maximum atomic E-state index is 6.48. The summed E-state index contributed by atoms with van der Waals surface area (Å²) in [5, 5.41) is 3.97. The summed E-state index contributed by atoms with van der Waals surface area (Å²) in [7, 11) is 0. The van der Waals surface area contributed by atoms with E-state index in [1.54, 1.807) is 0 Å². The Labute approximate surface area is 238 Å². The zero-order valence-electron chi connectivity index (χ0n) is 22.4. The van der Waals surface area contributed by atoms with Crippen LogP contribution in [0.15, 0.2) is 120 Å². The fraction of sp³-hybridized carbons (Fsp3) is 0.105. The van der Waals surface area contributed by atoms with Gasteiger partial charge >= 0.3 is 0 Å². The molecule has 1 unspecified atom stereocenters. The lowest BCUT2D eigenvalue weighted by Gasteiger charge is -2.15. The smallest absolute Gasteiger partial charge is 0.138 e. The van der Waals surface area contributed by atoms with E-state index < -0.39 is 0 Å². The Kier molecular flexibility index (Phi) is 5.50. The maximum absolute atomic E-state index is 6.48. The largest absolute Gasteiger partial charge is 0.456 e. The van der Waals surface area contributed by atoms with Gasteiger partial charge in [0.25, 0.3) is 0 Å². The van der Waals surface area contributed by atoms with Crippen LogP contribution in [-0.2, 0) is 6.42 Å². The summed E-state index contributed by atoms with van der Waals surface area (Å²) in [6.45, 7) is 2.33. The van der Waals surface area contributed by atoms with Gasteiger partial charge in [0.1, 0.15) is 11.3 Å². The number of furan rings is 1. The zero-order chi connectivity index (χ0) is 26.6. The number of hydrogen-bond donors (Lipinski definition) is 0. The second-order valence-electron chi connectivity index (χ2n) is 10.8. The number of para-hydroxylation sites is 1. The van der Waals surface area contributed by atoms with Crippen LogP contribution in [0.3, 0.4) is 0 Å². The van der Waals surface area contributed by atoms with Crippen LogP contribution in [0.25, 0.3) is 59.5 Å². The normalized spacial score (nSPS) is 13.7. The summed E-state index contributed by atoms with van der Waals surface area (Å²) in [6.07, 6.45) is 6.50. The lowest BCUT2D eigenvalue weighted by atomic mass is 9.88. The van der Waals surface area contributed by atoms with Crippen molar-refractivity contribution in [1.29, 1.82) is 0 Å². The van der Waals surface area contributed by atoms with Crippen LogP contribution >= 0.6 is 11.3 Å². The lowest BCUT2D eigenvalue weighted by molar-refractivity contribution is 0.589. The molecule has 1 aliphatic carbocycles. The first-order chi connectivity index (χ1) is 19.7. The summed E-state index contributed by atoms with van der Waals surface area (Å²) in [5.74, 6) is 1.23. The van der Waals surface area contributed by atoms with E-state index >= 15 is 0 Å². The van der Waals surface area contributed by atoms with E-state index in [1.807, 2.05) is 11.3 Å². The second-order valence-corrected chi connectivity index (χ2v) is 11.9. The van der Waals surface area contributed by atoms with Gasteiger partial charge in [0.2, 0.25) is 0 Å². The van der Waals surface area contributed by atoms with Crippen molar-refractivity contribution in [2.45, 2.75) is 25.7 Å². The molecule has 2 heterocycles. The van der Waals surface area contributed by atoms with Gasteiger partial charge in [0.05, 0.1) is 0 Å². The predicted octanol–water partition coefficient (Wildman–Crippen LogP) is 11.2. The van der Waals surface area contributed by atoms with E-state index in [2.05, 4.69) is 128 Å². The summed E-state index contributed by atoms with van der Waals surface area (Å²) in [5.41, 5.74) is 10.0. The highest BCUT2D eigenvalue weighted by molar-refractivity contribution is 7.25. The third-order valence-corrected chi connectivity index (χ3v) is 9.63. The number of rotatable bonds is 4. The highest BCUT2D eigenvalue weighted by Gasteiger charge is 2.22. The molecule has 2 aromatic heterocycles. The first-order valence-corrected chi connectivity index (χ1v) is 14.9. The highest BCUT2D eigenvalue weighted by atomic mass is 32.1. The molecule has 0 spiro atoms. The van der Waals surface area contributed by atoms with Crippen molar-refractivity contribution in [1.82, 2.24) is 0 Å². The molecule has 2 heteroatoms. The van der Waals surface area contributed by atoms with Crippen LogP contribution < -0.4 is 0 Å². The van der Waals surface area contributed by atoms with Crippen molar-refractivity contribution in [3.63, 3.8) is 0 Å². The molecule has 0 fully saturated rings. The van der Waals surface area contributed by atoms with E-state index in [9.17, 15) is 0 Å². The Bertz CT molecular complexity index is 2050. The van der Waals surface area contributed by atoms with Crippen molar-refractivity contribution < 1.29 is 4.42 Å². The number of fused-ring (bicyclic) bond motifs is 6. The SMILES string of the molecule is CC(c1cccc2c3c(oc12)C=CCC3)c1cccc2sc3ccc(-c4ccc(-c5ccccc5)cc4)cc3c12. The molecule has 40 heavy (non-hydrogen) atoms. The van der Waals surface area contributed by atoms with E-state index in [0.29, 0.717) is 0 Å². The Morgan fingerprint density at radius 2 is 1.38 bits per heavy atom. The molecular formula is C38H28OS. The Hall–Kier alpha value is -4.40. The van der Waals surface area contributed by atoms with Crippen molar-refractivity contribution in [2.24, 2.45) is 0 Å². The van der Waals surface area contributed by atoms with Gasteiger partial charge in [0.15, 0.2) is 0 Å². The van der Waals surface area contributed by atoms with Gasteiger partial charge in [-0.1, -0.05) is 104 Å². The average Bonchev–Trinajstić information content (AvgIpc) is 3.59. The molecule has 1 aliphatic rings. The van der Waals surface area contributed by atoms with E-state index in [-0.39, 0.29) is 5.92 Å². The van der Waals surface area contributed by atoms with Crippen LogP contribution in [0.5, 0.6) is 0 Å². The monoisotopic (exact) mass is 532 g/mol. The second kappa shape index (κ2) is 9.36. The fourth-order valence-corrected chi connectivity index (χ4v) is 7.53. The number of aryl methyl sites for hydroxylation is 1. The van der Waals surface area contributed by atoms with Crippen LogP contribution in [0, 0.1) is 0 Å². The van der Waals surface area contributed by atoms with Crippen molar-refractivity contribution in [3.8, 4) is 22.3 Å². The van der Waals surface area contributed by atoms with Crippen LogP contribution in [0.2, 0.25) is 0 Å². The first kappa shape index (κ1) is 23.5. The van der Waals surface area contributed by atoms with Crippen LogP contribution in [0.1, 0.15) is 41.7 Å². The number of allylic oxidation sites excluding steroid dienone is 1. The molecule has 0 aliphatic heterocycles. The van der Waals surface area contributed by atoms with Crippen LogP contribution in [-0.4, -0.2) is 0 Å². The highest BCUT2D eigenvalue weighted by Crippen LogP contribution is 2.43. The third kappa shape index (κ3) is 3.75. The van der Waals surface area contributed by atoms with Gasteiger partial charge < -0.3 is 4.42 Å². The standard InChI is InChI=1S/C38H28OS/c1-24(30-13-7-14-32-31-11-5-6-15-34(31)39-38(30)32)29-12-8-16-36-37(29)33-23-28(21-22-35(33)40-36)27-19-17-26(18-20-27)25-9-3-2-4-10-25/h2-4,6-10,12-24H,5,11H2,1H3. The number of benzene rings is 5. The van der Waals surface area contributed by atoms with Gasteiger partial charge in [-0.25, -0.2) is 0 Å². The summed E-state index contributed by atoms with van der Waals surface area (Å²) in [6, 6.07) is 39.9. The minimum Gasteiger partial charge on any atom is -0.456 e. The Morgan fingerprint density at radius 3 is 2.23 bits per heavy atom. The van der Waals surface area contributed by atoms with Gasteiger partial charge in [-0.15, -0.1) is 11.3 Å². The molecule has 7 aromatic rings. The van der Waals surface area contributed by atoms with E-state index in [4.69, 9.17) is 4.42 Å². The topological polar surface area (TPSA) is 13.1 Å². The molecule has 0 bridgehead atoms. The molecule has 0 N–H and O–H groups in total. The van der Waals surface area contributed by atoms with Gasteiger partial charge in [-0.05, 0) is 64.9 Å². The van der Waals surface area contributed by atoms with Crippen molar-refractivity contribution in [2.75, 3.05) is 0 Å². The molecule has 0 saturated carbocycles. The van der Waals surface area contributed by atoms with Crippen LogP contribution in [0.4, 0.5) is 0 Å². The molecule has 192 valence electrons. The van der Waals surface area contributed by atoms with Crippen molar-refractivity contribution in [3.05, 3.63) is 138 Å². The first-order valence-electron chi connectivity index (χ1n) is 14.1. The third-order valence-electron chi connectivity index (χ3n) is 8.50. The number of thiophene rings is 1. The van der Waals surface area contributed by atoms with Gasteiger partial charge in [0, 0.05) is 42.6 Å². The maximum Gasteiger partial charge on any atom is 0.138 e. The molecular weight excluding hydrogens is 504 g/mol. The summed E-state index contributed by atoms with van der Waals surface area (Å²) in [4.78, 5) is 0. The molecule has 5 aromatic carbocycles. The number of hydrogen-bond acceptors (Lipinski definition) is 2. The molecule has 8 rings (SSSR count). The van der Waals surface area contributed by atoms with Gasteiger partial charge in [-0.3, -0.25) is 0 Å². The minimum atomic E-state index is 0.204. The molecule has 1 nitrogen and oxygen atoms in total. The molecule has 0 radical (unpaired) electrons. The Morgan fingerprint density at radius 1 is 0.650 bits per heavy atom. The molecule has 0 saturated heterocycles. The quantitative estimate of drug-likeness (QED) is 0.220. The summed E-state index contributed by atoms with van der Waals surface area (Å²) >= 11 is 1.89. The van der Waals surface area contributed by atoms with E-state index in [1.165, 1.54) is 64.5 Å². The predicted molar refractivity (Wildman–Crippen MR) is 171 cm³/mol. The summed E-state index contributed by atoms with van der Waals surface area (Å²) < 4.78 is 9.15. The lowest BCUT2D eigenvalue weighted by Crippen LogP contribution is -1.97. The van der Waals surface area contributed by atoms with Gasteiger partial charge in [-0.2, -0.15) is 0 Å². The van der Waals surface area contributed by atoms with E-state index in [0.717, 1.165) is 24.2 Å². The molecule has 1 atom stereocenters. The minimum absolute atomic E-state index is 0.204. The fourth-order valence-electron chi connectivity index (χ4n) is 6.41.